The van der Waals surface area contributed by atoms with Gasteiger partial charge in [-0.1, -0.05) is 19.1 Å². The highest BCUT2D eigenvalue weighted by atomic mass is 32.2. The van der Waals surface area contributed by atoms with Gasteiger partial charge in [0.1, 0.15) is 0 Å². The summed E-state index contributed by atoms with van der Waals surface area (Å²) in [5.41, 5.74) is 0. The van der Waals surface area contributed by atoms with Crippen LogP contribution in [0.2, 0.25) is 0 Å². The maximum absolute atomic E-state index is 11.5. The lowest BCUT2D eigenvalue weighted by Gasteiger charge is -2.19. The van der Waals surface area contributed by atoms with Gasteiger partial charge in [0, 0.05) is 6.04 Å². The third-order valence-electron chi connectivity index (χ3n) is 3.08. The molecule has 2 bridgehead atoms. The van der Waals surface area contributed by atoms with Crippen LogP contribution in [-0.4, -0.2) is 20.2 Å². The summed E-state index contributed by atoms with van der Waals surface area (Å²) in [6, 6.07) is 0.168. The van der Waals surface area contributed by atoms with E-state index in [0.717, 1.165) is 12.8 Å². The number of fused-ring (bicyclic) bond motifs is 2. The minimum Gasteiger partial charge on any atom is -0.212 e. The Bertz CT molecular complexity index is 334. The number of sulfonamides is 1. The second-order valence-electron chi connectivity index (χ2n) is 4.32. The van der Waals surface area contributed by atoms with Crippen LogP contribution in [0.5, 0.6) is 0 Å². The molecule has 0 aliphatic heterocycles. The van der Waals surface area contributed by atoms with E-state index >= 15 is 0 Å². The number of hydrogen-bond acceptors (Lipinski definition) is 2. The number of allylic oxidation sites excluding steroid dienone is 1. The normalized spacial score (nSPS) is 35.4. The van der Waals surface area contributed by atoms with Gasteiger partial charge in [-0.3, -0.25) is 0 Å². The predicted octanol–water partition coefficient (Wildman–Crippen LogP) is 1.28. The first-order chi connectivity index (χ1) is 6.61. The van der Waals surface area contributed by atoms with Crippen LogP contribution in [0.1, 0.15) is 26.2 Å². The largest absolute Gasteiger partial charge is 0.212 e. The van der Waals surface area contributed by atoms with E-state index in [4.69, 9.17) is 0 Å². The lowest BCUT2D eigenvalue weighted by atomic mass is 10.0. The van der Waals surface area contributed by atoms with Crippen molar-refractivity contribution in [1.82, 2.24) is 4.72 Å². The number of nitrogens with one attached hydrogen (secondary N) is 1. The zero-order chi connectivity index (χ0) is 10.2. The van der Waals surface area contributed by atoms with Crippen LogP contribution in [0.3, 0.4) is 0 Å². The molecule has 0 spiro atoms. The Hall–Kier alpha value is -0.350. The maximum Gasteiger partial charge on any atom is 0.211 e. The molecule has 0 radical (unpaired) electrons. The molecule has 2 aliphatic carbocycles. The average molecular weight is 215 g/mol. The lowest BCUT2D eigenvalue weighted by molar-refractivity contribution is 0.502. The highest BCUT2D eigenvalue weighted by Crippen LogP contribution is 2.39. The number of rotatable bonds is 4. The molecule has 0 amide bonds. The first-order valence-corrected chi connectivity index (χ1v) is 6.94. The first-order valence-electron chi connectivity index (χ1n) is 5.29. The van der Waals surface area contributed by atoms with E-state index in [1.165, 1.54) is 0 Å². The topological polar surface area (TPSA) is 46.2 Å². The highest BCUT2D eigenvalue weighted by molar-refractivity contribution is 7.89. The molecule has 1 N–H and O–H groups in total. The van der Waals surface area contributed by atoms with E-state index in [0.29, 0.717) is 18.3 Å². The van der Waals surface area contributed by atoms with Crippen LogP contribution >= 0.6 is 0 Å². The van der Waals surface area contributed by atoms with Crippen molar-refractivity contribution in [3.05, 3.63) is 12.2 Å². The zero-order valence-corrected chi connectivity index (χ0v) is 9.26. The standard InChI is InChI=1S/C10H17NO2S/c1-2-5-14(12,13)11-10-7-8-3-4-9(10)6-8/h3-4,8-11H,2,5-7H2,1H3. The smallest absolute Gasteiger partial charge is 0.211 e. The molecular formula is C10H17NO2S. The minimum atomic E-state index is -3.02. The molecule has 0 aromatic heterocycles. The molecule has 1 saturated carbocycles. The van der Waals surface area contributed by atoms with E-state index in [1.54, 1.807) is 0 Å². The van der Waals surface area contributed by atoms with Gasteiger partial charge in [-0.05, 0) is 31.1 Å². The zero-order valence-electron chi connectivity index (χ0n) is 8.44. The molecule has 0 saturated heterocycles. The fourth-order valence-electron chi connectivity index (χ4n) is 2.47. The van der Waals surface area contributed by atoms with E-state index in [2.05, 4.69) is 16.9 Å². The molecule has 0 aromatic rings. The summed E-state index contributed by atoms with van der Waals surface area (Å²) < 4.78 is 25.9. The second-order valence-corrected chi connectivity index (χ2v) is 6.20. The molecule has 2 rings (SSSR count). The van der Waals surface area contributed by atoms with Crippen molar-refractivity contribution in [2.24, 2.45) is 11.8 Å². The molecule has 3 nitrogen and oxygen atoms in total. The predicted molar refractivity (Wildman–Crippen MR) is 56.4 cm³/mol. The van der Waals surface area contributed by atoms with Gasteiger partial charge in [0.25, 0.3) is 0 Å². The lowest BCUT2D eigenvalue weighted by Crippen LogP contribution is -2.38. The first kappa shape index (κ1) is 10.2. The third kappa shape index (κ3) is 2.01. The molecule has 0 aromatic carbocycles. The quantitative estimate of drug-likeness (QED) is 0.718. The Morgan fingerprint density at radius 3 is 2.64 bits per heavy atom. The minimum absolute atomic E-state index is 0.168. The summed E-state index contributed by atoms with van der Waals surface area (Å²) in [4.78, 5) is 0. The van der Waals surface area contributed by atoms with Gasteiger partial charge in [0.15, 0.2) is 0 Å². The van der Waals surface area contributed by atoms with Gasteiger partial charge in [0.05, 0.1) is 5.75 Å². The second kappa shape index (κ2) is 3.66. The monoisotopic (exact) mass is 215 g/mol. The van der Waals surface area contributed by atoms with Crippen molar-refractivity contribution in [2.75, 3.05) is 5.75 Å². The van der Waals surface area contributed by atoms with Crippen molar-refractivity contribution in [1.29, 1.82) is 0 Å². The van der Waals surface area contributed by atoms with E-state index < -0.39 is 10.0 Å². The molecular weight excluding hydrogens is 198 g/mol. The van der Waals surface area contributed by atoms with Crippen LogP contribution in [0.25, 0.3) is 0 Å². The molecule has 3 atom stereocenters. The summed E-state index contributed by atoms with van der Waals surface area (Å²) in [7, 11) is -3.02. The van der Waals surface area contributed by atoms with Crippen molar-refractivity contribution in [2.45, 2.75) is 32.2 Å². The molecule has 4 heteroatoms. The fraction of sp³-hybridized carbons (Fsp3) is 0.800. The van der Waals surface area contributed by atoms with Crippen molar-refractivity contribution < 1.29 is 8.42 Å². The van der Waals surface area contributed by atoms with Gasteiger partial charge < -0.3 is 0 Å². The molecule has 2 aliphatic rings. The SMILES string of the molecule is CCCS(=O)(=O)NC1CC2C=CC1C2. The Balaban J connectivity index is 1.96. The molecule has 0 heterocycles. The Kier molecular flexibility index (Phi) is 2.66. The molecule has 3 unspecified atom stereocenters. The summed E-state index contributed by atoms with van der Waals surface area (Å²) in [6.45, 7) is 1.89. The number of hydrogen-bond donors (Lipinski definition) is 1. The van der Waals surface area contributed by atoms with E-state index in [9.17, 15) is 8.42 Å². The average Bonchev–Trinajstić information content (AvgIpc) is 2.63. The highest BCUT2D eigenvalue weighted by Gasteiger charge is 2.37. The van der Waals surface area contributed by atoms with Crippen molar-refractivity contribution in [3.63, 3.8) is 0 Å². The van der Waals surface area contributed by atoms with Gasteiger partial charge in [0.2, 0.25) is 10.0 Å². The Morgan fingerprint density at radius 2 is 2.14 bits per heavy atom. The van der Waals surface area contributed by atoms with Crippen LogP contribution in [0.4, 0.5) is 0 Å². The Labute approximate surface area is 85.6 Å². The molecule has 80 valence electrons. The summed E-state index contributed by atoms with van der Waals surface area (Å²) >= 11 is 0. The Morgan fingerprint density at radius 1 is 1.36 bits per heavy atom. The van der Waals surface area contributed by atoms with Gasteiger partial charge in [-0.15, -0.1) is 0 Å². The molecule has 1 fully saturated rings. The van der Waals surface area contributed by atoms with Gasteiger partial charge in [-0.25, -0.2) is 13.1 Å². The van der Waals surface area contributed by atoms with E-state index in [1.807, 2.05) is 6.92 Å². The summed E-state index contributed by atoms with van der Waals surface area (Å²) in [5.74, 6) is 1.32. The summed E-state index contributed by atoms with van der Waals surface area (Å²) in [5, 5.41) is 0. The third-order valence-corrected chi connectivity index (χ3v) is 4.69. The fourth-order valence-corrected chi connectivity index (χ4v) is 3.86. The van der Waals surface area contributed by atoms with E-state index in [-0.39, 0.29) is 11.8 Å². The van der Waals surface area contributed by atoms with Crippen LogP contribution < -0.4 is 4.72 Å². The van der Waals surface area contributed by atoms with Crippen LogP contribution in [0.15, 0.2) is 12.2 Å². The van der Waals surface area contributed by atoms with Crippen LogP contribution in [0, 0.1) is 11.8 Å². The molecule has 14 heavy (non-hydrogen) atoms. The van der Waals surface area contributed by atoms with Gasteiger partial charge >= 0.3 is 0 Å². The van der Waals surface area contributed by atoms with Crippen molar-refractivity contribution >= 4 is 10.0 Å². The van der Waals surface area contributed by atoms with Crippen molar-refractivity contribution in [3.8, 4) is 0 Å². The van der Waals surface area contributed by atoms with Crippen LogP contribution in [-0.2, 0) is 10.0 Å². The van der Waals surface area contributed by atoms with Gasteiger partial charge in [-0.2, -0.15) is 0 Å². The summed E-state index contributed by atoms with van der Waals surface area (Å²) in [6.07, 6.45) is 7.19. The maximum atomic E-state index is 11.5.